The van der Waals surface area contributed by atoms with Crippen molar-refractivity contribution in [1.82, 2.24) is 0 Å². The summed E-state index contributed by atoms with van der Waals surface area (Å²) in [7, 11) is 0. The van der Waals surface area contributed by atoms with Crippen molar-refractivity contribution in [3.8, 4) is 28.6 Å². The van der Waals surface area contributed by atoms with E-state index in [9.17, 15) is 55.9 Å². The van der Waals surface area contributed by atoms with Crippen LogP contribution in [0.15, 0.2) is 45.6 Å². The van der Waals surface area contributed by atoms with Gasteiger partial charge >= 0.3 is 0 Å². The first-order valence-corrected chi connectivity index (χ1v) is 12.9. The van der Waals surface area contributed by atoms with E-state index in [-0.39, 0.29) is 17.1 Å². The molecule has 42 heavy (non-hydrogen) atoms. The van der Waals surface area contributed by atoms with E-state index in [2.05, 4.69) is 0 Å². The second kappa shape index (κ2) is 11.7. The molecule has 3 heterocycles. The van der Waals surface area contributed by atoms with Crippen molar-refractivity contribution in [2.75, 3.05) is 13.2 Å². The summed E-state index contributed by atoms with van der Waals surface area (Å²) in [6.07, 6.45) is -17.4. The van der Waals surface area contributed by atoms with Crippen LogP contribution in [0.3, 0.4) is 0 Å². The quantitative estimate of drug-likeness (QED) is 0.142. The van der Waals surface area contributed by atoms with Crippen molar-refractivity contribution in [2.24, 2.45) is 0 Å². The van der Waals surface area contributed by atoms with Gasteiger partial charge in [0, 0.05) is 17.7 Å². The Morgan fingerprint density at radius 2 is 1.33 bits per heavy atom. The van der Waals surface area contributed by atoms with Crippen LogP contribution in [0, 0.1) is 0 Å². The molecule has 0 bridgehead atoms. The lowest BCUT2D eigenvalue weighted by Gasteiger charge is -2.42. The molecule has 15 heteroatoms. The topological polar surface area (TPSA) is 260 Å². The van der Waals surface area contributed by atoms with Gasteiger partial charge in [0.15, 0.2) is 5.43 Å². The van der Waals surface area contributed by atoms with Crippen molar-refractivity contribution < 1.29 is 69.7 Å². The molecule has 5 rings (SSSR count). The van der Waals surface area contributed by atoms with Gasteiger partial charge in [-0.15, -0.1) is 0 Å². The Kier molecular flexibility index (Phi) is 8.41. The van der Waals surface area contributed by atoms with E-state index in [4.69, 9.17) is 18.6 Å². The first-order valence-electron chi connectivity index (χ1n) is 12.9. The Labute approximate surface area is 236 Å². The molecule has 3 aromatic rings. The zero-order chi connectivity index (χ0) is 30.5. The lowest BCUT2D eigenvalue weighted by Crippen LogP contribution is -2.60. The summed E-state index contributed by atoms with van der Waals surface area (Å²) < 4.78 is 22.6. The van der Waals surface area contributed by atoms with E-state index in [0.717, 1.165) is 12.1 Å². The largest absolute Gasteiger partial charge is 0.508 e. The van der Waals surface area contributed by atoms with E-state index >= 15 is 0 Å². The first kappa shape index (κ1) is 30.1. The van der Waals surface area contributed by atoms with Crippen molar-refractivity contribution in [3.05, 3.63) is 52.2 Å². The van der Waals surface area contributed by atoms with Gasteiger partial charge in [-0.05, 0) is 24.3 Å². The Morgan fingerprint density at radius 1 is 0.738 bits per heavy atom. The highest BCUT2D eigenvalue weighted by molar-refractivity contribution is 5.88. The smallest absolute Gasteiger partial charge is 0.229 e. The number of aromatic hydroxyl groups is 2. The molecular formula is C27H30O15. The van der Waals surface area contributed by atoms with Crippen LogP contribution in [0.2, 0.25) is 0 Å². The van der Waals surface area contributed by atoms with Gasteiger partial charge in [0.05, 0.1) is 18.8 Å². The van der Waals surface area contributed by atoms with Gasteiger partial charge in [-0.1, -0.05) is 0 Å². The molecule has 1 aromatic heterocycles. The van der Waals surface area contributed by atoms with E-state index in [0.29, 0.717) is 5.56 Å². The summed E-state index contributed by atoms with van der Waals surface area (Å²) in [4.78, 5) is 13.2. The predicted molar refractivity (Wildman–Crippen MR) is 138 cm³/mol. The molecule has 10 atom stereocenters. The fourth-order valence-electron chi connectivity index (χ4n) is 5.07. The van der Waals surface area contributed by atoms with Crippen LogP contribution in [0.4, 0.5) is 0 Å². The maximum atomic E-state index is 13.2. The lowest BCUT2D eigenvalue weighted by molar-refractivity contribution is -0.278. The monoisotopic (exact) mass is 594 g/mol. The Hall–Kier alpha value is -3.35. The van der Waals surface area contributed by atoms with Gasteiger partial charge in [0.25, 0.3) is 0 Å². The fraction of sp³-hybridized carbons (Fsp3) is 0.444. The molecule has 0 radical (unpaired) electrons. The number of benzene rings is 2. The van der Waals surface area contributed by atoms with Gasteiger partial charge in [-0.3, -0.25) is 4.79 Å². The average molecular weight is 595 g/mol. The summed E-state index contributed by atoms with van der Waals surface area (Å²) >= 11 is 0. The van der Waals surface area contributed by atoms with Crippen LogP contribution < -0.4 is 10.2 Å². The number of aliphatic hydroxyl groups is 8. The highest BCUT2D eigenvalue weighted by Crippen LogP contribution is 2.46. The minimum atomic E-state index is -1.94. The lowest BCUT2D eigenvalue weighted by atomic mass is 9.89. The van der Waals surface area contributed by atoms with Crippen LogP contribution in [0.5, 0.6) is 17.2 Å². The maximum Gasteiger partial charge on any atom is 0.229 e. The number of ether oxygens (including phenoxy) is 3. The van der Waals surface area contributed by atoms with Crippen LogP contribution in [0.25, 0.3) is 22.3 Å². The minimum absolute atomic E-state index is 0.0197. The number of fused-ring (bicyclic) bond motifs is 1. The number of hydrogen-bond donors (Lipinski definition) is 10. The number of hydrogen-bond acceptors (Lipinski definition) is 15. The molecule has 2 fully saturated rings. The van der Waals surface area contributed by atoms with E-state index < -0.39 is 102 Å². The molecule has 0 spiro atoms. The normalized spacial score (nSPS) is 33.5. The van der Waals surface area contributed by atoms with Gasteiger partial charge in [-0.2, -0.15) is 0 Å². The van der Waals surface area contributed by atoms with E-state index in [1.807, 2.05) is 0 Å². The molecule has 2 aliphatic heterocycles. The highest BCUT2D eigenvalue weighted by Gasteiger charge is 2.48. The molecule has 0 unspecified atom stereocenters. The summed E-state index contributed by atoms with van der Waals surface area (Å²) in [6.45, 7) is -1.59. The third-order valence-electron chi connectivity index (χ3n) is 7.41. The number of phenols is 2. The number of rotatable bonds is 6. The molecular weight excluding hydrogens is 564 g/mol. The van der Waals surface area contributed by atoms with Crippen molar-refractivity contribution >= 4 is 11.0 Å². The first-order chi connectivity index (χ1) is 20.0. The van der Waals surface area contributed by atoms with Crippen molar-refractivity contribution in [2.45, 2.75) is 61.2 Å². The Bertz CT molecular complexity index is 1470. The molecule has 2 saturated heterocycles. The van der Waals surface area contributed by atoms with Gasteiger partial charge in [-0.25, -0.2) is 0 Å². The highest BCUT2D eigenvalue weighted by atomic mass is 16.7. The second-order valence-corrected chi connectivity index (χ2v) is 10.1. The van der Waals surface area contributed by atoms with E-state index in [1.54, 1.807) is 0 Å². The SMILES string of the molecule is O=c1cc(-c2ccc(O)cc2)oc2cc(O[C@H]3O[C@H](CO)[C@@H](O)[C@@H](O)[C@@H]3O)c([C@H]3O[C@@H](CO)[C@@H](O)[C@H](O)[C@@H]3O)c(O)c12. The molecule has 2 aliphatic rings. The molecule has 0 aliphatic carbocycles. The van der Waals surface area contributed by atoms with Crippen molar-refractivity contribution in [3.63, 3.8) is 0 Å². The third-order valence-corrected chi connectivity index (χ3v) is 7.41. The van der Waals surface area contributed by atoms with Crippen LogP contribution in [-0.4, -0.2) is 119 Å². The molecule has 0 amide bonds. The second-order valence-electron chi connectivity index (χ2n) is 10.1. The number of phenolic OH excluding ortho intramolecular Hbond substituents is 2. The number of aliphatic hydroxyl groups excluding tert-OH is 8. The molecule has 2 aromatic carbocycles. The summed E-state index contributed by atoms with van der Waals surface area (Å²) in [5, 5.41) is 102. The Balaban J connectivity index is 1.68. The third kappa shape index (κ3) is 5.20. The Morgan fingerprint density at radius 3 is 1.95 bits per heavy atom. The average Bonchev–Trinajstić information content (AvgIpc) is 2.97. The minimum Gasteiger partial charge on any atom is -0.508 e. The molecule has 15 nitrogen and oxygen atoms in total. The zero-order valence-corrected chi connectivity index (χ0v) is 21.7. The zero-order valence-electron chi connectivity index (χ0n) is 21.7. The molecule has 228 valence electrons. The van der Waals surface area contributed by atoms with Gasteiger partial charge < -0.3 is 69.7 Å². The van der Waals surface area contributed by atoms with Crippen LogP contribution in [-0.2, 0) is 9.47 Å². The summed E-state index contributed by atoms with van der Waals surface area (Å²) in [6, 6.07) is 7.78. The predicted octanol–water partition coefficient (Wildman–Crippen LogP) is -2.44. The van der Waals surface area contributed by atoms with E-state index in [1.165, 1.54) is 24.3 Å². The van der Waals surface area contributed by atoms with Gasteiger partial charge in [0.2, 0.25) is 6.29 Å². The van der Waals surface area contributed by atoms with Gasteiger partial charge in [0.1, 0.15) is 88.9 Å². The van der Waals surface area contributed by atoms with Crippen LogP contribution >= 0.6 is 0 Å². The summed E-state index contributed by atoms with van der Waals surface area (Å²) in [5.41, 5.74) is -1.13. The van der Waals surface area contributed by atoms with Crippen molar-refractivity contribution in [1.29, 1.82) is 0 Å². The molecule has 10 N–H and O–H groups in total. The summed E-state index contributed by atoms with van der Waals surface area (Å²) in [5.74, 6) is -1.33. The maximum absolute atomic E-state index is 13.2. The molecule has 0 saturated carbocycles. The fourth-order valence-corrected chi connectivity index (χ4v) is 5.07. The standard InChI is InChI=1S/C27H30O15/c28-7-15-19(32)22(35)24(37)26(40-15)18-14(41-27-25(38)23(36)20(33)16(8-29)42-27)6-13-17(21(18)34)11(31)5-12(39-13)9-1-3-10(30)4-2-9/h1-6,15-16,19-20,22-30,32-38H,7-8H2/t15-,16+,19+,20+,22-,23+,24-,25-,26+,27-/m0/s1. The van der Waals surface area contributed by atoms with Crippen LogP contribution in [0.1, 0.15) is 11.7 Å².